The number of aromatic nitrogens is 3. The third kappa shape index (κ3) is 2.18. The fourth-order valence-corrected chi connectivity index (χ4v) is 1.60. The monoisotopic (exact) mass is 253 g/mol. The zero-order valence-electron chi connectivity index (χ0n) is 7.89. The molecule has 0 unspecified atom stereocenters. The zero-order valence-corrected chi connectivity index (χ0v) is 9.40. The largest absolute Gasteiger partial charge is 0.296 e. The Morgan fingerprint density at radius 3 is 2.75 bits per heavy atom. The van der Waals surface area contributed by atoms with Gasteiger partial charge in [0, 0.05) is 12.4 Å². The Morgan fingerprint density at radius 2 is 2.06 bits per heavy atom. The molecule has 0 fully saturated rings. The molecule has 0 aromatic carbocycles. The van der Waals surface area contributed by atoms with E-state index in [2.05, 4.69) is 15.0 Å². The molecule has 80 valence electrons. The third-order valence-corrected chi connectivity index (χ3v) is 2.31. The first kappa shape index (κ1) is 11.0. The first-order valence-corrected chi connectivity index (χ1v) is 5.06. The maximum Gasteiger partial charge on any atom is 0.180 e. The fourth-order valence-electron chi connectivity index (χ4n) is 1.13. The Hall–Kier alpha value is -1.52. The van der Waals surface area contributed by atoms with E-state index in [-0.39, 0.29) is 5.69 Å². The first-order chi connectivity index (χ1) is 7.70. The second-order valence-corrected chi connectivity index (χ2v) is 3.75. The van der Waals surface area contributed by atoms with Gasteiger partial charge >= 0.3 is 0 Å². The lowest BCUT2D eigenvalue weighted by molar-refractivity contribution is 0.111. The highest BCUT2D eigenvalue weighted by atomic mass is 35.5. The summed E-state index contributed by atoms with van der Waals surface area (Å²) in [4.78, 5) is 22.6. The van der Waals surface area contributed by atoms with Crippen LogP contribution in [-0.4, -0.2) is 21.2 Å². The second-order valence-electron chi connectivity index (χ2n) is 2.91. The molecule has 6 heteroatoms. The van der Waals surface area contributed by atoms with Crippen molar-refractivity contribution in [3.05, 3.63) is 40.3 Å². The van der Waals surface area contributed by atoms with Crippen LogP contribution in [0.5, 0.6) is 0 Å². The zero-order chi connectivity index (χ0) is 11.5. The third-order valence-electron chi connectivity index (χ3n) is 1.82. The van der Waals surface area contributed by atoms with Crippen LogP contribution in [0.3, 0.4) is 0 Å². The summed E-state index contributed by atoms with van der Waals surface area (Å²) in [5, 5.41) is 0.774. The Kier molecular flexibility index (Phi) is 3.12. The molecule has 16 heavy (non-hydrogen) atoms. The van der Waals surface area contributed by atoms with Crippen LogP contribution in [0.2, 0.25) is 10.0 Å². The van der Waals surface area contributed by atoms with Crippen molar-refractivity contribution in [2.75, 3.05) is 0 Å². The van der Waals surface area contributed by atoms with E-state index in [4.69, 9.17) is 23.2 Å². The lowest BCUT2D eigenvalue weighted by Crippen LogP contribution is -1.95. The minimum Gasteiger partial charge on any atom is -0.296 e. The molecule has 0 bridgehead atoms. The first-order valence-electron chi connectivity index (χ1n) is 4.30. The van der Waals surface area contributed by atoms with Crippen LogP contribution in [0, 0.1) is 0 Å². The lowest BCUT2D eigenvalue weighted by Gasteiger charge is -2.02. The molecule has 2 heterocycles. The highest BCUT2D eigenvalue weighted by Crippen LogP contribution is 2.25. The van der Waals surface area contributed by atoms with Crippen LogP contribution in [0.15, 0.2) is 24.5 Å². The second kappa shape index (κ2) is 4.55. The Morgan fingerprint density at radius 1 is 1.25 bits per heavy atom. The van der Waals surface area contributed by atoms with Gasteiger partial charge in [-0.3, -0.25) is 4.79 Å². The minimum absolute atomic E-state index is 0.276. The van der Waals surface area contributed by atoms with Gasteiger partial charge in [-0.1, -0.05) is 23.2 Å². The van der Waals surface area contributed by atoms with Crippen molar-refractivity contribution in [2.24, 2.45) is 0 Å². The number of pyridine rings is 1. The van der Waals surface area contributed by atoms with E-state index < -0.39 is 0 Å². The van der Waals surface area contributed by atoms with Crippen LogP contribution in [0.25, 0.3) is 11.5 Å². The summed E-state index contributed by atoms with van der Waals surface area (Å²) in [7, 11) is 0. The number of carbonyl (C=O) groups excluding carboxylic acids is 1. The lowest BCUT2D eigenvalue weighted by atomic mass is 10.3. The molecule has 0 aliphatic heterocycles. The SMILES string of the molecule is O=Cc1ccnc(-c2ncc(Cl)cc2Cl)n1. The van der Waals surface area contributed by atoms with Crippen molar-refractivity contribution in [3.63, 3.8) is 0 Å². The number of rotatable bonds is 2. The summed E-state index contributed by atoms with van der Waals surface area (Å²) >= 11 is 11.7. The predicted molar refractivity (Wildman–Crippen MR) is 60.7 cm³/mol. The van der Waals surface area contributed by atoms with Gasteiger partial charge in [-0.25, -0.2) is 15.0 Å². The molecule has 0 amide bonds. The molecular weight excluding hydrogens is 249 g/mol. The average Bonchev–Trinajstić information content (AvgIpc) is 2.29. The Labute approximate surface area is 101 Å². The summed E-state index contributed by atoms with van der Waals surface area (Å²) in [5.74, 6) is 0.297. The van der Waals surface area contributed by atoms with E-state index in [1.807, 2.05) is 0 Å². The van der Waals surface area contributed by atoms with E-state index in [0.717, 1.165) is 0 Å². The topological polar surface area (TPSA) is 55.7 Å². The number of hydrogen-bond acceptors (Lipinski definition) is 4. The van der Waals surface area contributed by atoms with Crippen LogP contribution >= 0.6 is 23.2 Å². The fraction of sp³-hybridized carbons (Fsp3) is 0. The van der Waals surface area contributed by atoms with Gasteiger partial charge in [0.05, 0.1) is 10.0 Å². The van der Waals surface area contributed by atoms with Crippen molar-refractivity contribution in [3.8, 4) is 11.5 Å². The number of hydrogen-bond donors (Lipinski definition) is 0. The highest BCUT2D eigenvalue weighted by molar-refractivity contribution is 6.35. The van der Waals surface area contributed by atoms with Crippen molar-refractivity contribution >= 4 is 29.5 Å². The maximum absolute atomic E-state index is 10.6. The number of nitrogens with zero attached hydrogens (tertiary/aromatic N) is 3. The molecule has 2 rings (SSSR count). The van der Waals surface area contributed by atoms with Crippen LogP contribution in [-0.2, 0) is 0 Å². The average molecular weight is 254 g/mol. The molecule has 4 nitrogen and oxygen atoms in total. The molecule has 0 aliphatic carbocycles. The molecular formula is C10H5Cl2N3O. The van der Waals surface area contributed by atoms with E-state index >= 15 is 0 Å². The van der Waals surface area contributed by atoms with Gasteiger partial charge < -0.3 is 0 Å². The van der Waals surface area contributed by atoms with Crippen molar-refractivity contribution < 1.29 is 4.79 Å². The smallest absolute Gasteiger partial charge is 0.180 e. The van der Waals surface area contributed by atoms with Crippen molar-refractivity contribution in [1.82, 2.24) is 15.0 Å². The van der Waals surface area contributed by atoms with Crippen LogP contribution in [0.1, 0.15) is 10.5 Å². The quantitative estimate of drug-likeness (QED) is 0.773. The molecule has 0 N–H and O–H groups in total. The number of halogens is 2. The van der Waals surface area contributed by atoms with Gasteiger partial charge in [0.1, 0.15) is 11.4 Å². The molecule has 2 aromatic rings. The maximum atomic E-state index is 10.6. The standard InChI is InChI=1S/C10H5Cl2N3O/c11-6-3-8(12)9(14-4-6)10-13-2-1-7(5-16)15-10/h1-5H. The molecule has 0 radical (unpaired) electrons. The number of carbonyl (C=O) groups is 1. The summed E-state index contributed by atoms with van der Waals surface area (Å²) in [5.41, 5.74) is 0.674. The van der Waals surface area contributed by atoms with Gasteiger partial charge in [-0.05, 0) is 12.1 Å². The van der Waals surface area contributed by atoms with Gasteiger partial charge in [0.15, 0.2) is 12.1 Å². The van der Waals surface area contributed by atoms with Crippen molar-refractivity contribution in [2.45, 2.75) is 0 Å². The van der Waals surface area contributed by atoms with Crippen LogP contribution < -0.4 is 0 Å². The van der Waals surface area contributed by atoms with Crippen LogP contribution in [0.4, 0.5) is 0 Å². The molecule has 0 aliphatic rings. The van der Waals surface area contributed by atoms with E-state index in [9.17, 15) is 4.79 Å². The Bertz CT molecular complexity index is 545. The highest BCUT2D eigenvalue weighted by Gasteiger charge is 2.09. The molecule has 0 saturated heterocycles. The van der Waals surface area contributed by atoms with Gasteiger partial charge in [-0.2, -0.15) is 0 Å². The van der Waals surface area contributed by atoms with Gasteiger partial charge in [0.2, 0.25) is 0 Å². The van der Waals surface area contributed by atoms with Crippen molar-refractivity contribution in [1.29, 1.82) is 0 Å². The molecule has 0 saturated carbocycles. The summed E-state index contributed by atoms with van der Waals surface area (Å²) in [6.07, 6.45) is 3.55. The normalized spacial score (nSPS) is 10.1. The van der Waals surface area contributed by atoms with E-state index in [1.165, 1.54) is 18.5 Å². The van der Waals surface area contributed by atoms with E-state index in [1.54, 1.807) is 6.07 Å². The van der Waals surface area contributed by atoms with Gasteiger partial charge in [0.25, 0.3) is 0 Å². The summed E-state index contributed by atoms with van der Waals surface area (Å²) < 4.78 is 0. The summed E-state index contributed by atoms with van der Waals surface area (Å²) in [6, 6.07) is 3.04. The minimum atomic E-state index is 0.276. The Balaban J connectivity index is 2.53. The van der Waals surface area contributed by atoms with E-state index in [0.29, 0.717) is 27.8 Å². The summed E-state index contributed by atoms with van der Waals surface area (Å²) in [6.45, 7) is 0. The van der Waals surface area contributed by atoms with Gasteiger partial charge in [-0.15, -0.1) is 0 Å². The molecule has 2 aromatic heterocycles. The molecule has 0 spiro atoms. The molecule has 0 atom stereocenters. The number of aldehydes is 1. The predicted octanol–water partition coefficient (Wildman–Crippen LogP) is 2.66.